The minimum absolute atomic E-state index is 0.00351. The predicted molar refractivity (Wildman–Crippen MR) is 112 cm³/mol. The van der Waals surface area contributed by atoms with Crippen molar-refractivity contribution in [3.63, 3.8) is 0 Å². The quantitative estimate of drug-likeness (QED) is 0.795. The molecule has 2 amide bonds. The first-order chi connectivity index (χ1) is 14.0. The zero-order valence-electron chi connectivity index (χ0n) is 16.6. The molecule has 1 heterocycles. The van der Waals surface area contributed by atoms with Crippen LogP contribution < -0.4 is 10.2 Å². The van der Waals surface area contributed by atoms with Crippen LogP contribution >= 0.6 is 0 Å². The van der Waals surface area contributed by atoms with Crippen LogP contribution in [0.3, 0.4) is 0 Å². The van der Waals surface area contributed by atoms with Gasteiger partial charge < -0.3 is 15.1 Å². The van der Waals surface area contributed by atoms with E-state index in [9.17, 15) is 14.4 Å². The number of nitrogens with one attached hydrogen (secondary N) is 1. The summed E-state index contributed by atoms with van der Waals surface area (Å²) in [5.74, 6) is 0.397. The lowest BCUT2D eigenvalue weighted by Gasteiger charge is -2.36. The van der Waals surface area contributed by atoms with Crippen LogP contribution in [0.2, 0.25) is 0 Å². The van der Waals surface area contributed by atoms with Crippen molar-refractivity contribution in [2.45, 2.75) is 19.8 Å². The maximum atomic E-state index is 12.5. The van der Waals surface area contributed by atoms with Crippen LogP contribution in [0.5, 0.6) is 0 Å². The number of rotatable bonds is 5. The molecule has 4 rings (SSSR count). The Morgan fingerprint density at radius 2 is 1.41 bits per heavy atom. The molecule has 1 saturated carbocycles. The second kappa shape index (κ2) is 8.07. The van der Waals surface area contributed by atoms with E-state index in [-0.39, 0.29) is 17.6 Å². The summed E-state index contributed by atoms with van der Waals surface area (Å²) in [6.45, 7) is 4.65. The number of piperazine rings is 1. The van der Waals surface area contributed by atoms with E-state index >= 15 is 0 Å². The molecule has 0 atom stereocenters. The molecule has 6 heteroatoms. The number of ketones is 1. The molecule has 6 nitrogen and oxygen atoms in total. The summed E-state index contributed by atoms with van der Waals surface area (Å²) in [6.07, 6.45) is 2.09. The average Bonchev–Trinajstić information content (AvgIpc) is 3.59. The summed E-state index contributed by atoms with van der Waals surface area (Å²) in [4.78, 5) is 40.2. The van der Waals surface area contributed by atoms with Gasteiger partial charge in [-0.05, 0) is 68.3 Å². The highest BCUT2D eigenvalue weighted by Gasteiger charge is 2.34. The molecule has 1 N–H and O–H groups in total. The number of amides is 2. The molecule has 0 radical (unpaired) electrons. The smallest absolute Gasteiger partial charge is 0.255 e. The van der Waals surface area contributed by atoms with Crippen molar-refractivity contribution in [2.75, 3.05) is 36.4 Å². The van der Waals surface area contributed by atoms with Crippen molar-refractivity contribution < 1.29 is 14.4 Å². The lowest BCUT2D eigenvalue weighted by Crippen LogP contribution is -2.49. The van der Waals surface area contributed by atoms with Gasteiger partial charge in [0, 0.05) is 54.6 Å². The molecule has 1 aliphatic heterocycles. The monoisotopic (exact) mass is 391 g/mol. The van der Waals surface area contributed by atoms with Crippen LogP contribution in [0.25, 0.3) is 0 Å². The Bertz CT molecular complexity index is 909. The summed E-state index contributed by atoms with van der Waals surface area (Å²) in [5, 5.41) is 2.85. The molecule has 0 aromatic heterocycles. The zero-order chi connectivity index (χ0) is 20.4. The Labute approximate surface area is 170 Å². The van der Waals surface area contributed by atoms with Gasteiger partial charge in [-0.1, -0.05) is 0 Å². The topological polar surface area (TPSA) is 69.7 Å². The Hall–Kier alpha value is -3.15. The van der Waals surface area contributed by atoms with Crippen LogP contribution in [0.15, 0.2) is 48.5 Å². The van der Waals surface area contributed by atoms with Crippen molar-refractivity contribution >= 4 is 29.0 Å². The molecule has 0 spiro atoms. The van der Waals surface area contributed by atoms with E-state index < -0.39 is 0 Å². The second-order valence-electron chi connectivity index (χ2n) is 7.72. The molecule has 0 bridgehead atoms. The van der Waals surface area contributed by atoms with Crippen molar-refractivity contribution in [1.82, 2.24) is 4.90 Å². The maximum Gasteiger partial charge on any atom is 0.255 e. The van der Waals surface area contributed by atoms with Crippen LogP contribution in [0, 0.1) is 5.92 Å². The number of hydrogen-bond donors (Lipinski definition) is 1. The molecule has 29 heavy (non-hydrogen) atoms. The maximum absolute atomic E-state index is 12.5. The molecular formula is C23H25N3O3. The van der Waals surface area contributed by atoms with E-state index in [1.165, 1.54) is 6.92 Å². The summed E-state index contributed by atoms with van der Waals surface area (Å²) in [7, 11) is 0. The van der Waals surface area contributed by atoms with Crippen molar-refractivity contribution in [1.29, 1.82) is 0 Å². The van der Waals surface area contributed by atoms with Crippen molar-refractivity contribution in [3.05, 3.63) is 59.7 Å². The van der Waals surface area contributed by atoms with Gasteiger partial charge in [0.15, 0.2) is 5.78 Å². The van der Waals surface area contributed by atoms with Crippen molar-refractivity contribution in [2.24, 2.45) is 5.92 Å². The SMILES string of the molecule is CC(=O)c1ccc(NC(=O)c2ccc(N3CCN(C(=O)C4CC4)CC3)cc2)cc1. The summed E-state index contributed by atoms with van der Waals surface area (Å²) < 4.78 is 0. The first kappa shape index (κ1) is 19.2. The third kappa shape index (κ3) is 4.47. The largest absolute Gasteiger partial charge is 0.368 e. The first-order valence-electron chi connectivity index (χ1n) is 10.1. The summed E-state index contributed by atoms with van der Waals surface area (Å²) in [6, 6.07) is 14.4. The van der Waals surface area contributed by atoms with Gasteiger partial charge in [0.25, 0.3) is 5.91 Å². The van der Waals surface area contributed by atoms with Gasteiger partial charge in [0.05, 0.1) is 0 Å². The van der Waals surface area contributed by atoms with E-state index in [4.69, 9.17) is 0 Å². The molecule has 2 aromatic rings. The Balaban J connectivity index is 1.33. The number of nitrogens with zero attached hydrogens (tertiary/aromatic N) is 2. The fourth-order valence-electron chi connectivity index (χ4n) is 3.59. The van der Waals surface area contributed by atoms with Gasteiger partial charge in [0.1, 0.15) is 0 Å². The minimum Gasteiger partial charge on any atom is -0.368 e. The summed E-state index contributed by atoms with van der Waals surface area (Å²) >= 11 is 0. The van der Waals surface area contributed by atoms with Gasteiger partial charge in [0.2, 0.25) is 5.91 Å². The van der Waals surface area contributed by atoms with Crippen LogP contribution in [-0.2, 0) is 4.79 Å². The normalized spacial score (nSPS) is 16.4. The van der Waals surface area contributed by atoms with Crippen molar-refractivity contribution in [3.8, 4) is 0 Å². The van der Waals surface area contributed by atoms with Gasteiger partial charge in [-0.15, -0.1) is 0 Å². The molecule has 2 aliphatic rings. The molecule has 1 saturated heterocycles. The highest BCUT2D eigenvalue weighted by Crippen LogP contribution is 2.31. The zero-order valence-corrected chi connectivity index (χ0v) is 16.6. The van der Waals surface area contributed by atoms with E-state index in [2.05, 4.69) is 10.2 Å². The third-order valence-electron chi connectivity index (χ3n) is 5.56. The van der Waals surface area contributed by atoms with Gasteiger partial charge in [-0.25, -0.2) is 0 Å². The Kier molecular flexibility index (Phi) is 5.34. The lowest BCUT2D eigenvalue weighted by atomic mass is 10.1. The van der Waals surface area contributed by atoms with Crippen LogP contribution in [0.4, 0.5) is 11.4 Å². The Morgan fingerprint density at radius 1 is 0.828 bits per heavy atom. The number of Topliss-reactive ketones (excluding diaryl/α,β-unsaturated/α-hetero) is 1. The Morgan fingerprint density at radius 3 is 1.97 bits per heavy atom. The molecule has 2 fully saturated rings. The highest BCUT2D eigenvalue weighted by atomic mass is 16.2. The number of hydrogen-bond acceptors (Lipinski definition) is 4. The standard InChI is InChI=1S/C23H25N3O3/c1-16(27)17-4-8-20(9-5-17)24-22(28)18-6-10-21(11-7-18)25-12-14-26(15-13-25)23(29)19-2-3-19/h4-11,19H,2-3,12-15H2,1H3,(H,24,28). The molecule has 150 valence electrons. The fourth-order valence-corrected chi connectivity index (χ4v) is 3.59. The van der Waals surface area contributed by atoms with Crippen LogP contribution in [-0.4, -0.2) is 48.7 Å². The minimum atomic E-state index is -0.188. The third-order valence-corrected chi connectivity index (χ3v) is 5.56. The molecule has 1 aliphatic carbocycles. The first-order valence-corrected chi connectivity index (χ1v) is 10.1. The van der Waals surface area contributed by atoms with E-state index in [0.29, 0.717) is 22.7 Å². The van der Waals surface area contributed by atoms with Crippen LogP contribution in [0.1, 0.15) is 40.5 Å². The summed E-state index contributed by atoms with van der Waals surface area (Å²) in [5.41, 5.74) is 2.91. The number of benzene rings is 2. The fraction of sp³-hybridized carbons (Fsp3) is 0.348. The lowest BCUT2D eigenvalue weighted by molar-refractivity contribution is -0.132. The number of anilines is 2. The molecular weight excluding hydrogens is 366 g/mol. The van der Waals surface area contributed by atoms with Gasteiger partial charge >= 0.3 is 0 Å². The second-order valence-corrected chi connectivity index (χ2v) is 7.72. The van der Waals surface area contributed by atoms with E-state index in [1.54, 1.807) is 24.3 Å². The van der Waals surface area contributed by atoms with Gasteiger partial charge in [-0.3, -0.25) is 14.4 Å². The average molecular weight is 391 g/mol. The van der Waals surface area contributed by atoms with E-state index in [0.717, 1.165) is 44.7 Å². The molecule has 0 unspecified atom stereocenters. The number of carbonyl (C=O) groups is 3. The number of carbonyl (C=O) groups excluding carboxylic acids is 3. The van der Waals surface area contributed by atoms with Gasteiger partial charge in [-0.2, -0.15) is 0 Å². The molecule has 2 aromatic carbocycles. The predicted octanol–water partition coefficient (Wildman–Crippen LogP) is 3.20. The van der Waals surface area contributed by atoms with E-state index in [1.807, 2.05) is 29.2 Å². The highest BCUT2D eigenvalue weighted by molar-refractivity contribution is 6.04.